The molecule has 0 saturated carbocycles. The van der Waals surface area contributed by atoms with Gasteiger partial charge in [0, 0.05) is 12.5 Å². The molecule has 0 aromatic heterocycles. The monoisotopic (exact) mass is 200 g/mol. The number of urea groups is 1. The van der Waals surface area contributed by atoms with Crippen LogP contribution < -0.4 is 0 Å². The third-order valence-electron chi connectivity index (χ3n) is 2.74. The molecule has 2 rings (SSSR count). The maximum atomic E-state index is 13.0. The van der Waals surface area contributed by atoms with Crippen molar-refractivity contribution in [3.63, 3.8) is 0 Å². The lowest BCUT2D eigenvalue weighted by atomic mass is 10.2. The largest absolute Gasteiger partial charge is 0.327 e. The van der Waals surface area contributed by atoms with Crippen LogP contribution in [0.1, 0.15) is 20.3 Å². The first-order valence-corrected chi connectivity index (χ1v) is 4.80. The normalized spacial score (nSPS) is 32.0. The van der Waals surface area contributed by atoms with E-state index in [0.29, 0.717) is 0 Å². The number of rotatable bonds is 1. The summed E-state index contributed by atoms with van der Waals surface area (Å²) in [6.07, 6.45) is -0.879. The molecule has 4 nitrogen and oxygen atoms in total. The Morgan fingerprint density at radius 3 is 2.57 bits per heavy atom. The Bertz CT molecular complexity index is 269. The number of hydrogen-bond acceptors (Lipinski definition) is 2. The molecule has 2 aliphatic rings. The van der Waals surface area contributed by atoms with E-state index in [4.69, 9.17) is 0 Å². The van der Waals surface area contributed by atoms with Crippen LogP contribution in [0.3, 0.4) is 0 Å². The van der Waals surface area contributed by atoms with Gasteiger partial charge in [0.05, 0.1) is 6.54 Å². The molecule has 2 aliphatic heterocycles. The number of carbonyl (C=O) groups excluding carboxylic acids is 2. The van der Waals surface area contributed by atoms with Gasteiger partial charge in [0.1, 0.15) is 12.2 Å². The van der Waals surface area contributed by atoms with Gasteiger partial charge in [-0.2, -0.15) is 0 Å². The van der Waals surface area contributed by atoms with E-state index in [0.717, 1.165) is 0 Å². The molecular weight excluding hydrogens is 187 g/mol. The molecule has 0 bridgehead atoms. The first-order valence-electron chi connectivity index (χ1n) is 4.80. The summed E-state index contributed by atoms with van der Waals surface area (Å²) >= 11 is 0. The fraction of sp³-hybridized carbons (Fsp3) is 0.778. The molecule has 3 amide bonds. The molecule has 2 heterocycles. The van der Waals surface area contributed by atoms with Gasteiger partial charge in [0.25, 0.3) is 5.91 Å². The second kappa shape index (κ2) is 2.93. The minimum atomic E-state index is -1.04. The number of amides is 3. The fourth-order valence-corrected chi connectivity index (χ4v) is 2.10. The van der Waals surface area contributed by atoms with Crippen LogP contribution in [-0.2, 0) is 4.79 Å². The molecule has 2 atom stereocenters. The molecule has 0 N–H and O–H groups in total. The molecule has 5 heteroatoms. The van der Waals surface area contributed by atoms with Gasteiger partial charge < -0.3 is 4.90 Å². The summed E-state index contributed by atoms with van der Waals surface area (Å²) < 4.78 is 13.0. The number of fused-ring (bicyclic) bond motifs is 1. The van der Waals surface area contributed by atoms with Crippen molar-refractivity contribution < 1.29 is 14.0 Å². The van der Waals surface area contributed by atoms with E-state index >= 15 is 0 Å². The average molecular weight is 200 g/mol. The molecule has 0 unspecified atom stereocenters. The Hall–Kier alpha value is -1.13. The lowest BCUT2D eigenvalue weighted by molar-refractivity contribution is -0.129. The maximum Gasteiger partial charge on any atom is 0.327 e. The molecule has 0 radical (unpaired) electrons. The summed E-state index contributed by atoms with van der Waals surface area (Å²) in [5.74, 6) is -0.245. The number of alkyl halides is 1. The zero-order valence-electron chi connectivity index (χ0n) is 8.24. The minimum absolute atomic E-state index is 0.0679. The molecule has 2 saturated heterocycles. The van der Waals surface area contributed by atoms with Gasteiger partial charge in [-0.25, -0.2) is 9.18 Å². The predicted molar refractivity (Wildman–Crippen MR) is 47.4 cm³/mol. The quantitative estimate of drug-likeness (QED) is 0.586. The highest BCUT2D eigenvalue weighted by atomic mass is 19.1. The number of carbonyl (C=O) groups is 2. The van der Waals surface area contributed by atoms with Crippen molar-refractivity contribution in [3.8, 4) is 0 Å². The van der Waals surface area contributed by atoms with Crippen LogP contribution in [0.5, 0.6) is 0 Å². The molecule has 0 spiro atoms. The number of hydrogen-bond donors (Lipinski definition) is 0. The summed E-state index contributed by atoms with van der Waals surface area (Å²) in [6.45, 7) is 3.63. The zero-order valence-corrected chi connectivity index (χ0v) is 8.24. The fourth-order valence-electron chi connectivity index (χ4n) is 2.10. The van der Waals surface area contributed by atoms with E-state index in [-0.39, 0.29) is 30.9 Å². The van der Waals surface area contributed by atoms with E-state index in [2.05, 4.69) is 0 Å². The van der Waals surface area contributed by atoms with Crippen molar-refractivity contribution >= 4 is 11.9 Å². The van der Waals surface area contributed by atoms with Crippen molar-refractivity contribution in [2.75, 3.05) is 6.54 Å². The third-order valence-corrected chi connectivity index (χ3v) is 2.74. The lowest BCUT2D eigenvalue weighted by Crippen LogP contribution is -2.39. The van der Waals surface area contributed by atoms with Crippen molar-refractivity contribution in [1.82, 2.24) is 9.80 Å². The van der Waals surface area contributed by atoms with Crippen LogP contribution in [0.25, 0.3) is 0 Å². The van der Waals surface area contributed by atoms with Crippen molar-refractivity contribution in [2.24, 2.45) is 0 Å². The van der Waals surface area contributed by atoms with Crippen LogP contribution in [0.4, 0.5) is 9.18 Å². The van der Waals surface area contributed by atoms with Gasteiger partial charge in [0.15, 0.2) is 0 Å². The molecule has 78 valence electrons. The number of imide groups is 1. The van der Waals surface area contributed by atoms with Gasteiger partial charge in [-0.15, -0.1) is 0 Å². The summed E-state index contributed by atoms with van der Waals surface area (Å²) in [5.41, 5.74) is 0. The predicted octanol–water partition coefficient (Wildman–Crippen LogP) is 0.769. The second-order valence-electron chi connectivity index (χ2n) is 4.09. The van der Waals surface area contributed by atoms with Crippen molar-refractivity contribution in [3.05, 3.63) is 0 Å². The molecule has 0 aromatic rings. The zero-order chi connectivity index (χ0) is 10.5. The van der Waals surface area contributed by atoms with Crippen molar-refractivity contribution in [1.29, 1.82) is 0 Å². The van der Waals surface area contributed by atoms with Crippen LogP contribution in [0.2, 0.25) is 0 Å². The van der Waals surface area contributed by atoms with Gasteiger partial charge >= 0.3 is 6.03 Å². The summed E-state index contributed by atoms with van der Waals surface area (Å²) in [5, 5.41) is 0. The smallest absolute Gasteiger partial charge is 0.309 e. The van der Waals surface area contributed by atoms with Crippen molar-refractivity contribution in [2.45, 2.75) is 38.5 Å². The highest BCUT2D eigenvalue weighted by molar-refractivity contribution is 6.04. The van der Waals surface area contributed by atoms with E-state index < -0.39 is 12.2 Å². The SMILES string of the molecule is CC(C)N1C(=O)[C@H]2C[C@H](F)CN2C1=O. The van der Waals surface area contributed by atoms with Gasteiger partial charge in [0.2, 0.25) is 0 Å². The third kappa shape index (κ3) is 1.11. The summed E-state index contributed by atoms with van der Waals surface area (Å²) in [7, 11) is 0. The maximum absolute atomic E-state index is 13.0. The second-order valence-corrected chi connectivity index (χ2v) is 4.09. The minimum Gasteiger partial charge on any atom is -0.309 e. The Morgan fingerprint density at radius 1 is 1.43 bits per heavy atom. The Balaban J connectivity index is 2.24. The Labute approximate surface area is 81.7 Å². The average Bonchev–Trinajstić information content (AvgIpc) is 2.54. The first kappa shape index (κ1) is 9.43. The lowest BCUT2D eigenvalue weighted by Gasteiger charge is -2.19. The highest BCUT2D eigenvalue weighted by Crippen LogP contribution is 2.30. The molecule has 0 aliphatic carbocycles. The first-order chi connectivity index (χ1) is 6.52. The van der Waals surface area contributed by atoms with Gasteiger partial charge in [-0.3, -0.25) is 9.69 Å². The molecular formula is C9H13FN2O2. The summed E-state index contributed by atoms with van der Waals surface area (Å²) in [6, 6.07) is -1.02. The molecule has 2 fully saturated rings. The van der Waals surface area contributed by atoms with Crippen LogP contribution in [-0.4, -0.2) is 46.5 Å². The van der Waals surface area contributed by atoms with E-state index in [1.807, 2.05) is 0 Å². The number of nitrogens with zero attached hydrogens (tertiary/aromatic N) is 2. The highest BCUT2D eigenvalue weighted by Gasteiger charge is 2.51. The van der Waals surface area contributed by atoms with E-state index in [1.165, 1.54) is 9.80 Å². The van der Waals surface area contributed by atoms with E-state index in [9.17, 15) is 14.0 Å². The van der Waals surface area contributed by atoms with Crippen LogP contribution >= 0.6 is 0 Å². The van der Waals surface area contributed by atoms with E-state index in [1.54, 1.807) is 13.8 Å². The topological polar surface area (TPSA) is 40.6 Å². The Kier molecular flexibility index (Phi) is 1.97. The van der Waals surface area contributed by atoms with Gasteiger partial charge in [-0.1, -0.05) is 0 Å². The van der Waals surface area contributed by atoms with Crippen LogP contribution in [0, 0.1) is 0 Å². The Morgan fingerprint density at radius 2 is 2.07 bits per heavy atom. The number of halogens is 1. The molecule has 0 aromatic carbocycles. The summed E-state index contributed by atoms with van der Waals surface area (Å²) in [4.78, 5) is 25.9. The molecule has 14 heavy (non-hydrogen) atoms. The standard InChI is InChI=1S/C9H13FN2O2/c1-5(2)12-8(13)7-3-6(10)4-11(7)9(12)14/h5-7H,3-4H2,1-2H3/t6-,7+/m0/s1. The van der Waals surface area contributed by atoms with Gasteiger partial charge in [-0.05, 0) is 13.8 Å². The van der Waals surface area contributed by atoms with Crippen LogP contribution in [0.15, 0.2) is 0 Å².